The van der Waals surface area contributed by atoms with E-state index >= 15 is 0 Å². The fourth-order valence-corrected chi connectivity index (χ4v) is 4.37. The van der Waals surface area contributed by atoms with Crippen LogP contribution in [0.4, 0.5) is 4.79 Å². The van der Waals surface area contributed by atoms with Crippen molar-refractivity contribution in [3.05, 3.63) is 66.0 Å². The molecule has 2 atom stereocenters. The molecule has 35 heavy (non-hydrogen) atoms. The van der Waals surface area contributed by atoms with Crippen molar-refractivity contribution in [2.75, 3.05) is 5.75 Å². The number of carbonyl (C=O) groups excluding carboxylic acids is 3. The molecule has 2 aromatic rings. The van der Waals surface area contributed by atoms with Crippen molar-refractivity contribution in [2.45, 2.75) is 70.9 Å². The zero-order chi connectivity index (χ0) is 25.5. The number of carbonyl (C=O) groups is 3. The van der Waals surface area contributed by atoms with Gasteiger partial charge in [0.2, 0.25) is 5.91 Å². The number of ether oxygens (including phenoxy) is 1. The molecule has 0 spiro atoms. The Morgan fingerprint density at radius 3 is 2.40 bits per heavy atom. The van der Waals surface area contributed by atoms with Crippen LogP contribution in [0.5, 0.6) is 0 Å². The number of amides is 2. The quantitative estimate of drug-likeness (QED) is 0.362. The van der Waals surface area contributed by atoms with Gasteiger partial charge < -0.3 is 15.4 Å². The van der Waals surface area contributed by atoms with Crippen LogP contribution < -0.4 is 10.6 Å². The Kier molecular flexibility index (Phi) is 12.9. The van der Waals surface area contributed by atoms with Crippen LogP contribution in [-0.2, 0) is 26.7 Å². The maximum atomic E-state index is 13.1. The number of alkyl carbamates (subject to hydrolysis) is 1. The van der Waals surface area contributed by atoms with Crippen LogP contribution in [0, 0.1) is 5.92 Å². The fourth-order valence-electron chi connectivity index (χ4n) is 3.46. The molecule has 2 N–H and O–H groups in total. The molecule has 1 heterocycles. The minimum absolute atomic E-state index is 0.0179. The van der Waals surface area contributed by atoms with Gasteiger partial charge in [0.25, 0.3) is 0 Å². The highest BCUT2D eigenvalue weighted by atomic mass is 32.2. The predicted molar refractivity (Wildman–Crippen MR) is 140 cm³/mol. The maximum absolute atomic E-state index is 13.1. The first-order valence-electron chi connectivity index (χ1n) is 12.2. The zero-order valence-corrected chi connectivity index (χ0v) is 21.7. The Hall–Kier alpha value is -2.87. The first-order chi connectivity index (χ1) is 16.9. The summed E-state index contributed by atoms with van der Waals surface area (Å²) in [7, 11) is 0. The summed E-state index contributed by atoms with van der Waals surface area (Å²) < 4.78 is 5.30. The van der Waals surface area contributed by atoms with Crippen molar-refractivity contribution in [3.8, 4) is 0 Å². The number of ketones is 1. The Balaban J connectivity index is 1.93. The molecule has 0 aliphatic rings. The number of hydrogen-bond donors (Lipinski definition) is 2. The highest BCUT2D eigenvalue weighted by molar-refractivity contribution is 7.99. The molecule has 0 aliphatic carbocycles. The molecular formula is C27H37N3O4S. The summed E-state index contributed by atoms with van der Waals surface area (Å²) in [5.41, 5.74) is 1.91. The van der Waals surface area contributed by atoms with Crippen LogP contribution in [0.15, 0.2) is 54.9 Å². The normalized spacial score (nSPS) is 12.6. The van der Waals surface area contributed by atoms with Crippen LogP contribution in [0.25, 0.3) is 0 Å². The zero-order valence-electron chi connectivity index (χ0n) is 20.9. The van der Waals surface area contributed by atoms with Gasteiger partial charge >= 0.3 is 6.09 Å². The molecule has 1 aromatic carbocycles. The molecule has 7 nitrogen and oxygen atoms in total. The molecule has 0 radical (unpaired) electrons. The topological polar surface area (TPSA) is 97.4 Å². The molecule has 2 rings (SSSR count). The van der Waals surface area contributed by atoms with E-state index in [1.165, 1.54) is 11.8 Å². The Morgan fingerprint density at radius 1 is 1.00 bits per heavy atom. The van der Waals surface area contributed by atoms with Gasteiger partial charge in [-0.1, -0.05) is 70.0 Å². The lowest BCUT2D eigenvalue weighted by Gasteiger charge is -2.24. The summed E-state index contributed by atoms with van der Waals surface area (Å²) >= 11 is 1.51. The summed E-state index contributed by atoms with van der Waals surface area (Å²) in [5, 5.41) is 5.59. The molecule has 0 bridgehead atoms. The van der Waals surface area contributed by atoms with Crippen LogP contribution in [0.3, 0.4) is 0 Å². The van der Waals surface area contributed by atoms with Gasteiger partial charge in [-0.15, -0.1) is 11.8 Å². The number of hydrogen-bond acceptors (Lipinski definition) is 6. The van der Waals surface area contributed by atoms with E-state index in [0.717, 1.165) is 24.0 Å². The first kappa shape index (κ1) is 28.4. The van der Waals surface area contributed by atoms with Crippen molar-refractivity contribution >= 4 is 29.5 Å². The second kappa shape index (κ2) is 15.9. The molecular weight excluding hydrogens is 462 g/mol. The number of thioether (sulfide) groups is 1. The molecule has 0 saturated heterocycles. The lowest BCUT2D eigenvalue weighted by atomic mass is 10.0. The summed E-state index contributed by atoms with van der Waals surface area (Å²) in [6.45, 7) is 6.12. The number of rotatable bonds is 15. The van der Waals surface area contributed by atoms with Crippen LogP contribution in [-0.4, -0.2) is 40.6 Å². The molecule has 2 unspecified atom stereocenters. The number of nitrogens with one attached hydrogen (secondary N) is 2. The summed E-state index contributed by atoms with van der Waals surface area (Å²) in [6, 6.07) is 11.8. The minimum Gasteiger partial charge on any atom is -0.445 e. The van der Waals surface area contributed by atoms with E-state index in [0.29, 0.717) is 24.3 Å². The maximum Gasteiger partial charge on any atom is 0.408 e. The molecule has 0 aliphatic heterocycles. The fraction of sp³-hybridized carbons (Fsp3) is 0.481. The van der Waals surface area contributed by atoms with Crippen molar-refractivity contribution in [1.29, 1.82) is 0 Å². The third kappa shape index (κ3) is 11.4. The van der Waals surface area contributed by atoms with E-state index in [1.54, 1.807) is 12.4 Å². The SMILES string of the molecule is CCCCC(NC(=O)C(CC(C)C)NC(=O)OCc1ccccc1)C(=O)CSCc1cccnc1. The largest absolute Gasteiger partial charge is 0.445 e. The second-order valence-corrected chi connectivity index (χ2v) is 9.90. The first-order valence-corrected chi connectivity index (χ1v) is 13.3. The second-order valence-electron chi connectivity index (χ2n) is 8.91. The van der Waals surface area contributed by atoms with E-state index < -0.39 is 18.2 Å². The molecule has 0 saturated carbocycles. The number of pyridine rings is 1. The van der Waals surface area contributed by atoms with Gasteiger partial charge in [0.1, 0.15) is 12.6 Å². The summed E-state index contributed by atoms with van der Waals surface area (Å²) in [4.78, 5) is 42.5. The lowest BCUT2D eigenvalue weighted by Crippen LogP contribution is -2.52. The molecule has 190 valence electrons. The molecule has 1 aromatic heterocycles. The highest BCUT2D eigenvalue weighted by Gasteiger charge is 2.27. The van der Waals surface area contributed by atoms with Crippen LogP contribution in [0.2, 0.25) is 0 Å². The van der Waals surface area contributed by atoms with Crippen molar-refractivity contribution in [2.24, 2.45) is 5.92 Å². The number of nitrogens with zero attached hydrogens (tertiary/aromatic N) is 1. The van der Waals surface area contributed by atoms with E-state index in [-0.39, 0.29) is 24.2 Å². The molecule has 2 amide bonds. The van der Waals surface area contributed by atoms with Gasteiger partial charge in [0.05, 0.1) is 11.8 Å². The smallest absolute Gasteiger partial charge is 0.408 e. The number of unbranched alkanes of at least 4 members (excludes halogenated alkanes) is 1. The van der Waals surface area contributed by atoms with Crippen molar-refractivity contribution in [3.63, 3.8) is 0 Å². The Labute approximate surface area is 212 Å². The van der Waals surface area contributed by atoms with Gasteiger partial charge in [0, 0.05) is 18.1 Å². The van der Waals surface area contributed by atoms with Gasteiger partial charge in [-0.2, -0.15) is 0 Å². The lowest BCUT2D eigenvalue weighted by molar-refractivity contribution is -0.128. The van der Waals surface area contributed by atoms with E-state index in [1.807, 2.05) is 63.2 Å². The van der Waals surface area contributed by atoms with Crippen molar-refractivity contribution in [1.82, 2.24) is 15.6 Å². The number of benzene rings is 1. The standard InChI is InChI=1S/C27H37N3O4S/c1-4-5-13-23(25(31)19-35-18-22-12-9-14-28-16-22)29-26(32)24(15-20(2)3)30-27(33)34-17-21-10-7-6-8-11-21/h6-12,14,16,20,23-24H,4-5,13,15,17-19H2,1-3H3,(H,29,32)(H,30,33). The van der Waals surface area contributed by atoms with Crippen LogP contribution in [0.1, 0.15) is 57.6 Å². The monoisotopic (exact) mass is 499 g/mol. The van der Waals surface area contributed by atoms with Crippen LogP contribution >= 0.6 is 11.8 Å². The number of aromatic nitrogens is 1. The minimum atomic E-state index is -0.779. The molecule has 0 fully saturated rings. The number of Topliss-reactive ketones (excluding diaryl/α,β-unsaturated/α-hetero) is 1. The van der Waals surface area contributed by atoms with E-state index in [2.05, 4.69) is 15.6 Å². The van der Waals surface area contributed by atoms with Gasteiger partial charge in [-0.25, -0.2) is 4.79 Å². The third-order valence-electron chi connectivity index (χ3n) is 5.32. The van der Waals surface area contributed by atoms with Crippen molar-refractivity contribution < 1.29 is 19.1 Å². The summed E-state index contributed by atoms with van der Waals surface area (Å²) in [6.07, 6.45) is 5.60. The third-order valence-corrected chi connectivity index (χ3v) is 6.34. The van der Waals surface area contributed by atoms with E-state index in [4.69, 9.17) is 4.74 Å². The van der Waals surface area contributed by atoms with Gasteiger partial charge in [-0.05, 0) is 36.0 Å². The highest BCUT2D eigenvalue weighted by Crippen LogP contribution is 2.14. The van der Waals surface area contributed by atoms with E-state index in [9.17, 15) is 14.4 Å². The Morgan fingerprint density at radius 2 is 1.74 bits per heavy atom. The average molecular weight is 500 g/mol. The predicted octanol–water partition coefficient (Wildman–Crippen LogP) is 4.90. The average Bonchev–Trinajstić information content (AvgIpc) is 2.85. The summed E-state index contributed by atoms with van der Waals surface area (Å²) in [5.74, 6) is 0.766. The van der Waals surface area contributed by atoms with Gasteiger partial charge in [-0.3, -0.25) is 14.6 Å². The molecule has 8 heteroatoms. The van der Waals surface area contributed by atoms with Gasteiger partial charge in [0.15, 0.2) is 5.78 Å². The Bertz CT molecular complexity index is 909.